The summed E-state index contributed by atoms with van der Waals surface area (Å²) in [6.07, 6.45) is -0.553. The molecule has 6 nitrogen and oxygen atoms in total. The van der Waals surface area contributed by atoms with Crippen molar-refractivity contribution in [3.05, 3.63) is 65.7 Å². The van der Waals surface area contributed by atoms with Gasteiger partial charge in [0.2, 0.25) is 0 Å². The Labute approximate surface area is 159 Å². The summed E-state index contributed by atoms with van der Waals surface area (Å²) >= 11 is 0. The van der Waals surface area contributed by atoms with Crippen molar-refractivity contribution in [2.45, 2.75) is 19.5 Å². The lowest BCUT2D eigenvalue weighted by molar-refractivity contribution is 0.0475. The van der Waals surface area contributed by atoms with Crippen LogP contribution in [-0.4, -0.2) is 54.6 Å². The smallest absolute Gasteiger partial charge is 0.411 e. The number of nitrogens with zero attached hydrogens (tertiary/aromatic N) is 2. The fourth-order valence-corrected chi connectivity index (χ4v) is 3.38. The molecule has 3 rings (SSSR count). The molecule has 0 aromatic heterocycles. The number of rotatable bonds is 4. The van der Waals surface area contributed by atoms with E-state index in [2.05, 4.69) is 34.0 Å². The molecule has 1 fully saturated rings. The molecule has 6 heteroatoms. The molecule has 142 valence electrons. The van der Waals surface area contributed by atoms with Crippen LogP contribution in [0.25, 0.3) is 0 Å². The standard InChI is InChI=1S/C21H25N3O3/c1-16-14-23(15-17-7-4-3-5-8-17)11-12-24(16)20(25)18-9-6-10-19(13-18)22-21(26)27-2/h3-10,13,16H,11-12,14-15H2,1-2H3,(H,22,26). The lowest BCUT2D eigenvalue weighted by Gasteiger charge is -2.40. The minimum absolute atomic E-state index is 0.0182. The molecule has 0 spiro atoms. The van der Waals surface area contributed by atoms with Gasteiger partial charge in [-0.15, -0.1) is 0 Å². The molecule has 0 bridgehead atoms. The van der Waals surface area contributed by atoms with Crippen LogP contribution in [-0.2, 0) is 11.3 Å². The van der Waals surface area contributed by atoms with Gasteiger partial charge in [-0.2, -0.15) is 0 Å². The number of anilines is 1. The Hall–Kier alpha value is -2.86. The molecule has 1 saturated heterocycles. The zero-order valence-corrected chi connectivity index (χ0v) is 15.7. The number of nitrogens with one attached hydrogen (secondary N) is 1. The van der Waals surface area contributed by atoms with Crippen molar-refractivity contribution in [2.75, 3.05) is 32.1 Å². The second-order valence-electron chi connectivity index (χ2n) is 6.77. The molecule has 1 unspecified atom stereocenters. The first kappa shape index (κ1) is 18.9. The molecule has 2 aromatic carbocycles. The summed E-state index contributed by atoms with van der Waals surface area (Å²) in [6.45, 7) is 5.32. The van der Waals surface area contributed by atoms with Gasteiger partial charge in [-0.3, -0.25) is 15.0 Å². The van der Waals surface area contributed by atoms with Crippen LogP contribution in [0.5, 0.6) is 0 Å². The van der Waals surface area contributed by atoms with Crippen molar-refractivity contribution in [2.24, 2.45) is 0 Å². The van der Waals surface area contributed by atoms with Crippen molar-refractivity contribution in [1.29, 1.82) is 0 Å². The molecular weight excluding hydrogens is 342 g/mol. The van der Waals surface area contributed by atoms with Crippen LogP contribution < -0.4 is 5.32 Å². The van der Waals surface area contributed by atoms with Gasteiger partial charge in [-0.05, 0) is 30.7 Å². The van der Waals surface area contributed by atoms with Crippen LogP contribution in [0.3, 0.4) is 0 Å². The average molecular weight is 367 g/mol. The Morgan fingerprint density at radius 3 is 2.59 bits per heavy atom. The highest BCUT2D eigenvalue weighted by molar-refractivity contribution is 5.96. The summed E-state index contributed by atoms with van der Waals surface area (Å²) in [5, 5.41) is 2.60. The molecule has 0 aliphatic carbocycles. The zero-order valence-electron chi connectivity index (χ0n) is 15.7. The summed E-state index contributed by atoms with van der Waals surface area (Å²) in [5.41, 5.74) is 2.39. The third-order valence-electron chi connectivity index (χ3n) is 4.76. The number of carbonyl (C=O) groups is 2. The third kappa shape index (κ3) is 4.86. The van der Waals surface area contributed by atoms with Gasteiger partial charge >= 0.3 is 6.09 Å². The molecule has 1 heterocycles. The minimum Gasteiger partial charge on any atom is -0.453 e. The first-order valence-corrected chi connectivity index (χ1v) is 9.09. The summed E-state index contributed by atoms with van der Waals surface area (Å²) in [4.78, 5) is 28.6. The fourth-order valence-electron chi connectivity index (χ4n) is 3.38. The average Bonchev–Trinajstić information content (AvgIpc) is 2.68. The molecule has 27 heavy (non-hydrogen) atoms. The maximum absolute atomic E-state index is 12.9. The maximum Gasteiger partial charge on any atom is 0.411 e. The van der Waals surface area contributed by atoms with Gasteiger partial charge in [-0.1, -0.05) is 36.4 Å². The number of hydrogen-bond acceptors (Lipinski definition) is 4. The van der Waals surface area contributed by atoms with Crippen LogP contribution in [0.1, 0.15) is 22.8 Å². The largest absolute Gasteiger partial charge is 0.453 e. The van der Waals surface area contributed by atoms with Gasteiger partial charge in [0.05, 0.1) is 7.11 Å². The first-order valence-electron chi connectivity index (χ1n) is 9.09. The number of piperazine rings is 1. The van der Waals surface area contributed by atoms with Crippen molar-refractivity contribution < 1.29 is 14.3 Å². The normalized spacial score (nSPS) is 17.4. The number of carbonyl (C=O) groups excluding carboxylic acids is 2. The minimum atomic E-state index is -0.553. The Balaban J connectivity index is 1.63. The van der Waals surface area contributed by atoms with E-state index in [1.54, 1.807) is 24.3 Å². The van der Waals surface area contributed by atoms with Gasteiger partial charge in [-0.25, -0.2) is 4.79 Å². The van der Waals surface area contributed by atoms with E-state index >= 15 is 0 Å². The molecule has 0 saturated carbocycles. The molecular formula is C21H25N3O3. The molecule has 1 atom stereocenters. The first-order chi connectivity index (χ1) is 13.1. The van der Waals surface area contributed by atoms with E-state index in [0.29, 0.717) is 17.8 Å². The fraction of sp³-hybridized carbons (Fsp3) is 0.333. The van der Waals surface area contributed by atoms with Gasteiger partial charge in [0.15, 0.2) is 0 Å². The summed E-state index contributed by atoms with van der Waals surface area (Å²) < 4.78 is 4.60. The highest BCUT2D eigenvalue weighted by atomic mass is 16.5. The molecule has 1 N–H and O–H groups in total. The second-order valence-corrected chi connectivity index (χ2v) is 6.77. The molecule has 1 aliphatic heterocycles. The Kier molecular flexibility index (Phi) is 6.08. The lowest BCUT2D eigenvalue weighted by atomic mass is 10.1. The monoisotopic (exact) mass is 367 g/mol. The number of methoxy groups -OCH3 is 1. The second kappa shape index (κ2) is 8.68. The van der Waals surface area contributed by atoms with Gasteiger partial charge < -0.3 is 9.64 Å². The van der Waals surface area contributed by atoms with Crippen LogP contribution >= 0.6 is 0 Å². The number of ether oxygens (including phenoxy) is 1. The molecule has 1 aliphatic rings. The van der Waals surface area contributed by atoms with Gasteiger partial charge in [0.1, 0.15) is 0 Å². The lowest BCUT2D eigenvalue weighted by Crippen LogP contribution is -2.53. The Morgan fingerprint density at radius 2 is 1.89 bits per heavy atom. The van der Waals surface area contributed by atoms with Crippen molar-refractivity contribution in [3.63, 3.8) is 0 Å². The molecule has 0 radical (unpaired) electrons. The van der Waals surface area contributed by atoms with Gasteiger partial charge in [0, 0.05) is 43.5 Å². The SMILES string of the molecule is COC(=O)Nc1cccc(C(=O)N2CCN(Cc3ccccc3)CC2C)c1. The van der Waals surface area contributed by atoms with E-state index in [1.165, 1.54) is 12.7 Å². The van der Waals surface area contributed by atoms with E-state index in [9.17, 15) is 9.59 Å². The quantitative estimate of drug-likeness (QED) is 0.901. The zero-order chi connectivity index (χ0) is 19.2. The van der Waals surface area contributed by atoms with Crippen LogP contribution in [0.15, 0.2) is 54.6 Å². The summed E-state index contributed by atoms with van der Waals surface area (Å²) in [6, 6.07) is 17.4. The number of amides is 2. The highest BCUT2D eigenvalue weighted by Gasteiger charge is 2.28. The molecule has 2 amide bonds. The van der Waals surface area contributed by atoms with E-state index in [0.717, 1.165) is 19.6 Å². The van der Waals surface area contributed by atoms with Crippen molar-refractivity contribution in [1.82, 2.24) is 9.80 Å². The van der Waals surface area contributed by atoms with Crippen LogP contribution in [0, 0.1) is 0 Å². The topological polar surface area (TPSA) is 61.9 Å². The highest BCUT2D eigenvalue weighted by Crippen LogP contribution is 2.18. The Bertz CT molecular complexity index is 794. The third-order valence-corrected chi connectivity index (χ3v) is 4.76. The Morgan fingerprint density at radius 1 is 1.11 bits per heavy atom. The van der Waals surface area contributed by atoms with Crippen LogP contribution in [0.4, 0.5) is 10.5 Å². The van der Waals surface area contributed by atoms with Crippen molar-refractivity contribution >= 4 is 17.7 Å². The number of benzene rings is 2. The van der Waals surface area contributed by atoms with Crippen LogP contribution in [0.2, 0.25) is 0 Å². The maximum atomic E-state index is 12.9. The summed E-state index contributed by atoms with van der Waals surface area (Å²) in [5.74, 6) is -0.0182. The predicted octanol–water partition coefficient (Wildman–Crippen LogP) is 3.21. The van der Waals surface area contributed by atoms with E-state index in [1.807, 2.05) is 23.1 Å². The number of hydrogen-bond donors (Lipinski definition) is 1. The van der Waals surface area contributed by atoms with E-state index in [4.69, 9.17) is 0 Å². The van der Waals surface area contributed by atoms with E-state index < -0.39 is 6.09 Å². The predicted molar refractivity (Wildman–Crippen MR) is 105 cm³/mol. The van der Waals surface area contributed by atoms with Gasteiger partial charge in [0.25, 0.3) is 5.91 Å². The van der Waals surface area contributed by atoms with Crippen molar-refractivity contribution in [3.8, 4) is 0 Å². The van der Waals surface area contributed by atoms with E-state index in [-0.39, 0.29) is 11.9 Å². The molecule has 2 aromatic rings. The summed E-state index contributed by atoms with van der Waals surface area (Å²) in [7, 11) is 1.31.